The SMILES string of the molecule is COc1ccccc1NC(=O)/C(C#N)=C\c1cn(CCOc2ccccc2)c2ccccc12. The third-order valence-electron chi connectivity index (χ3n) is 5.18. The number of amides is 1. The minimum atomic E-state index is -0.494. The second-order valence-electron chi connectivity index (χ2n) is 7.28. The summed E-state index contributed by atoms with van der Waals surface area (Å²) in [6.07, 6.45) is 3.55. The van der Waals surface area contributed by atoms with Crippen molar-refractivity contribution in [2.24, 2.45) is 0 Å². The van der Waals surface area contributed by atoms with Crippen LogP contribution in [0.15, 0.2) is 90.6 Å². The average Bonchev–Trinajstić information content (AvgIpc) is 3.21. The van der Waals surface area contributed by atoms with Gasteiger partial charge in [0.25, 0.3) is 5.91 Å². The van der Waals surface area contributed by atoms with Crippen molar-refractivity contribution in [1.29, 1.82) is 5.26 Å². The molecule has 0 fully saturated rings. The first kappa shape index (κ1) is 21.7. The highest BCUT2D eigenvalue weighted by Crippen LogP contribution is 2.26. The molecule has 0 spiro atoms. The third-order valence-corrected chi connectivity index (χ3v) is 5.18. The van der Waals surface area contributed by atoms with Crippen LogP contribution < -0.4 is 14.8 Å². The fraction of sp³-hybridized carbons (Fsp3) is 0.111. The van der Waals surface area contributed by atoms with E-state index in [4.69, 9.17) is 9.47 Å². The van der Waals surface area contributed by atoms with Crippen molar-refractivity contribution >= 4 is 28.6 Å². The maximum absolute atomic E-state index is 12.8. The number of benzene rings is 3. The van der Waals surface area contributed by atoms with Crippen molar-refractivity contribution < 1.29 is 14.3 Å². The maximum atomic E-state index is 12.8. The third kappa shape index (κ3) is 5.05. The standard InChI is InChI=1S/C27H23N3O3/c1-32-26-14-8-6-12-24(26)29-27(31)20(18-28)17-21-19-30(25-13-7-5-11-23(21)25)15-16-33-22-9-3-2-4-10-22/h2-14,17,19H,15-16H2,1H3,(H,29,31)/b20-17-. The van der Waals surface area contributed by atoms with Gasteiger partial charge in [0, 0.05) is 22.7 Å². The first-order chi connectivity index (χ1) is 16.2. The van der Waals surface area contributed by atoms with Gasteiger partial charge in [-0.15, -0.1) is 0 Å². The number of methoxy groups -OCH3 is 1. The van der Waals surface area contributed by atoms with Crippen molar-refractivity contribution in [1.82, 2.24) is 4.57 Å². The summed E-state index contributed by atoms with van der Waals surface area (Å²) < 4.78 is 13.2. The van der Waals surface area contributed by atoms with Crippen LogP contribution in [0.2, 0.25) is 0 Å². The molecule has 0 unspecified atom stereocenters. The highest BCUT2D eigenvalue weighted by Gasteiger charge is 2.14. The topological polar surface area (TPSA) is 76.3 Å². The van der Waals surface area contributed by atoms with E-state index in [9.17, 15) is 10.1 Å². The summed E-state index contributed by atoms with van der Waals surface area (Å²) in [6, 6.07) is 26.6. The Hall–Kier alpha value is -4.50. The van der Waals surface area contributed by atoms with Crippen LogP contribution in [-0.4, -0.2) is 24.2 Å². The van der Waals surface area contributed by atoms with Gasteiger partial charge in [0.2, 0.25) is 0 Å². The molecule has 164 valence electrons. The summed E-state index contributed by atoms with van der Waals surface area (Å²) in [5, 5.41) is 13.4. The van der Waals surface area contributed by atoms with Gasteiger partial charge in [0.1, 0.15) is 29.7 Å². The normalized spacial score (nSPS) is 11.1. The zero-order valence-corrected chi connectivity index (χ0v) is 18.2. The van der Waals surface area contributed by atoms with E-state index in [-0.39, 0.29) is 5.57 Å². The summed E-state index contributed by atoms with van der Waals surface area (Å²) >= 11 is 0. The maximum Gasteiger partial charge on any atom is 0.266 e. The van der Waals surface area contributed by atoms with Crippen LogP contribution >= 0.6 is 0 Å². The van der Waals surface area contributed by atoms with Crippen LogP contribution in [0.1, 0.15) is 5.56 Å². The molecule has 4 aromatic rings. The summed E-state index contributed by atoms with van der Waals surface area (Å²) in [5.41, 5.74) is 2.30. The molecule has 4 rings (SSSR count). The van der Waals surface area contributed by atoms with Crippen LogP contribution in [0.5, 0.6) is 11.5 Å². The van der Waals surface area contributed by atoms with E-state index in [1.165, 1.54) is 7.11 Å². The molecule has 0 bridgehead atoms. The van der Waals surface area contributed by atoms with E-state index in [1.807, 2.05) is 72.9 Å². The monoisotopic (exact) mass is 437 g/mol. The molecule has 0 aliphatic rings. The Morgan fingerprint density at radius 2 is 1.76 bits per heavy atom. The van der Waals surface area contributed by atoms with E-state index in [0.29, 0.717) is 24.6 Å². The Morgan fingerprint density at radius 1 is 1.03 bits per heavy atom. The molecule has 3 aromatic carbocycles. The lowest BCUT2D eigenvalue weighted by atomic mass is 10.1. The lowest BCUT2D eigenvalue weighted by Gasteiger charge is -2.09. The molecule has 1 aromatic heterocycles. The van der Waals surface area contributed by atoms with Crippen molar-refractivity contribution in [2.75, 3.05) is 19.0 Å². The molecule has 6 heteroatoms. The Morgan fingerprint density at radius 3 is 2.55 bits per heavy atom. The van der Waals surface area contributed by atoms with Gasteiger partial charge in [-0.1, -0.05) is 48.5 Å². The predicted octanol–water partition coefficient (Wildman–Crippen LogP) is 5.27. The average molecular weight is 437 g/mol. The molecule has 0 saturated heterocycles. The summed E-state index contributed by atoms with van der Waals surface area (Å²) in [6.45, 7) is 1.11. The number of anilines is 1. The number of carbonyl (C=O) groups is 1. The van der Waals surface area contributed by atoms with Crippen molar-refractivity contribution in [3.63, 3.8) is 0 Å². The van der Waals surface area contributed by atoms with Gasteiger partial charge in [-0.2, -0.15) is 5.26 Å². The second-order valence-corrected chi connectivity index (χ2v) is 7.28. The molecule has 0 aliphatic carbocycles. The van der Waals surface area contributed by atoms with E-state index in [2.05, 4.69) is 9.88 Å². The number of nitrogens with zero attached hydrogens (tertiary/aromatic N) is 2. The van der Waals surface area contributed by atoms with Crippen LogP contribution in [0.3, 0.4) is 0 Å². The Labute approximate surface area is 192 Å². The van der Waals surface area contributed by atoms with Gasteiger partial charge in [0.05, 0.1) is 19.3 Å². The Kier molecular flexibility index (Phi) is 6.72. The number of rotatable bonds is 8. The van der Waals surface area contributed by atoms with E-state index >= 15 is 0 Å². The Balaban J connectivity index is 1.57. The van der Waals surface area contributed by atoms with Crippen LogP contribution in [0, 0.1) is 11.3 Å². The van der Waals surface area contributed by atoms with Gasteiger partial charge in [-0.25, -0.2) is 0 Å². The van der Waals surface area contributed by atoms with E-state index in [0.717, 1.165) is 22.2 Å². The molecular formula is C27H23N3O3. The van der Waals surface area contributed by atoms with Gasteiger partial charge in [-0.05, 0) is 36.4 Å². The number of aromatic nitrogens is 1. The molecule has 0 atom stereocenters. The molecule has 0 saturated carbocycles. The number of hydrogen-bond acceptors (Lipinski definition) is 4. The molecule has 1 amide bonds. The number of ether oxygens (including phenoxy) is 2. The molecule has 0 radical (unpaired) electrons. The van der Waals surface area contributed by atoms with Crippen molar-refractivity contribution in [3.8, 4) is 17.6 Å². The van der Waals surface area contributed by atoms with E-state index < -0.39 is 5.91 Å². The summed E-state index contributed by atoms with van der Waals surface area (Å²) in [4.78, 5) is 12.8. The second kappa shape index (κ2) is 10.2. The fourth-order valence-corrected chi connectivity index (χ4v) is 3.60. The zero-order chi connectivity index (χ0) is 23.0. The summed E-state index contributed by atoms with van der Waals surface area (Å²) in [5.74, 6) is 0.846. The van der Waals surface area contributed by atoms with Crippen LogP contribution in [0.25, 0.3) is 17.0 Å². The minimum Gasteiger partial charge on any atom is -0.495 e. The molecular weight excluding hydrogens is 414 g/mol. The van der Waals surface area contributed by atoms with Gasteiger partial charge >= 0.3 is 0 Å². The van der Waals surface area contributed by atoms with E-state index in [1.54, 1.807) is 24.3 Å². The first-order valence-corrected chi connectivity index (χ1v) is 10.5. The zero-order valence-electron chi connectivity index (χ0n) is 18.2. The highest BCUT2D eigenvalue weighted by molar-refractivity contribution is 6.11. The fourth-order valence-electron chi connectivity index (χ4n) is 3.60. The van der Waals surface area contributed by atoms with Crippen LogP contribution in [-0.2, 0) is 11.3 Å². The number of para-hydroxylation sites is 4. The predicted molar refractivity (Wildman–Crippen MR) is 129 cm³/mol. The van der Waals surface area contributed by atoms with Crippen molar-refractivity contribution in [2.45, 2.75) is 6.54 Å². The highest BCUT2D eigenvalue weighted by atomic mass is 16.5. The lowest BCUT2D eigenvalue weighted by molar-refractivity contribution is -0.112. The number of fused-ring (bicyclic) bond motifs is 1. The largest absolute Gasteiger partial charge is 0.495 e. The van der Waals surface area contributed by atoms with Gasteiger partial charge in [-0.3, -0.25) is 4.79 Å². The number of nitriles is 1. The van der Waals surface area contributed by atoms with Crippen LogP contribution in [0.4, 0.5) is 5.69 Å². The Bertz CT molecular complexity index is 1330. The summed E-state index contributed by atoms with van der Waals surface area (Å²) in [7, 11) is 1.53. The first-order valence-electron chi connectivity index (χ1n) is 10.5. The van der Waals surface area contributed by atoms with Crippen molar-refractivity contribution in [3.05, 3.63) is 96.2 Å². The molecule has 6 nitrogen and oxygen atoms in total. The number of hydrogen-bond donors (Lipinski definition) is 1. The van der Waals surface area contributed by atoms with Gasteiger partial charge < -0.3 is 19.4 Å². The molecule has 33 heavy (non-hydrogen) atoms. The molecule has 1 N–H and O–H groups in total. The van der Waals surface area contributed by atoms with Gasteiger partial charge in [0.15, 0.2) is 0 Å². The number of carbonyl (C=O) groups excluding carboxylic acids is 1. The lowest BCUT2D eigenvalue weighted by Crippen LogP contribution is -2.14. The minimum absolute atomic E-state index is 0.00402. The molecule has 1 heterocycles. The number of nitrogens with one attached hydrogen (secondary N) is 1. The molecule has 0 aliphatic heterocycles. The smallest absolute Gasteiger partial charge is 0.266 e. The quantitative estimate of drug-likeness (QED) is 0.301.